The van der Waals surface area contributed by atoms with Crippen molar-refractivity contribution in [1.29, 1.82) is 0 Å². The third-order valence-corrected chi connectivity index (χ3v) is 10.1. The SMILES string of the molecule is [2H]c1c([2H])c([2H])c(-c2c([2H])c([2H])c(-c3nc(-c4c([2H])c([2H])c(-c5c([2H])c([2H])c([2H])c(C)c5[2H])c([2H])c4[2H])nc(-c4c([2H])c([2H])c([2H])c(-c5cccc6c5sc5c(-c7ccccc7)cccc56)c4[2H])n3)c([2H])c2[2H])c([2H])c1[2H]. The Morgan fingerprint density at radius 2 is 0.857 bits per heavy atom. The molecular formula is C52H35N3S. The number of fused-ring (bicyclic) bond motifs is 3. The fourth-order valence-corrected chi connectivity index (χ4v) is 7.56. The standard InChI is InChI=1S/C52H35N3S/c1-34-12-8-17-41(32-34)37-26-30-40(31-27-37)51-53-50(39-28-24-36(25-29-39)35-13-4-2-5-14-35)54-52(55-51)43-19-9-18-42(33-43)45-21-11-23-47-46-22-10-20-44(48(46)56-49(45)47)38-15-6-3-7-16-38/h2-33H,1H3/i2D,4D,5D,8D,9D,12D,13D,14D,17D,18D,19D,24D,25D,26D,27D,28D,29D,30D,31D,32D,33D. The molecule has 56 heavy (non-hydrogen) atoms. The Morgan fingerprint density at radius 3 is 1.50 bits per heavy atom. The van der Waals surface area contributed by atoms with Gasteiger partial charge in [-0.25, -0.2) is 15.0 Å². The molecule has 4 heteroatoms. The van der Waals surface area contributed by atoms with Crippen LogP contribution in [0.25, 0.3) is 98.8 Å². The van der Waals surface area contributed by atoms with Gasteiger partial charge in [-0.2, -0.15) is 0 Å². The third-order valence-electron chi connectivity index (χ3n) is 8.81. The summed E-state index contributed by atoms with van der Waals surface area (Å²) >= 11 is 1.38. The lowest BCUT2D eigenvalue weighted by Crippen LogP contribution is -2.00. The molecule has 264 valence electrons. The summed E-state index contributed by atoms with van der Waals surface area (Å²) in [6.45, 7) is 1.33. The van der Waals surface area contributed by atoms with Gasteiger partial charge in [-0.1, -0.05) is 193 Å². The average molecular weight is 755 g/mol. The highest BCUT2D eigenvalue weighted by Crippen LogP contribution is 2.44. The Hall–Kier alpha value is -7.01. The molecule has 0 spiro atoms. The molecule has 0 saturated carbocycles. The number of hydrogen-bond donors (Lipinski definition) is 0. The largest absolute Gasteiger partial charge is 0.208 e. The lowest BCUT2D eigenvalue weighted by atomic mass is 9.99. The van der Waals surface area contributed by atoms with E-state index in [0.29, 0.717) is 10.3 Å². The van der Waals surface area contributed by atoms with E-state index in [0.717, 1.165) is 26.6 Å². The van der Waals surface area contributed by atoms with Crippen LogP contribution in [0, 0.1) is 6.92 Å². The zero-order valence-electron chi connectivity index (χ0n) is 50.1. The molecule has 8 aromatic carbocycles. The van der Waals surface area contributed by atoms with Gasteiger partial charge in [-0.3, -0.25) is 0 Å². The van der Waals surface area contributed by atoms with Gasteiger partial charge in [0.2, 0.25) is 0 Å². The van der Waals surface area contributed by atoms with Gasteiger partial charge < -0.3 is 0 Å². The molecule has 0 aliphatic heterocycles. The highest BCUT2D eigenvalue weighted by Gasteiger charge is 2.17. The van der Waals surface area contributed by atoms with E-state index in [-0.39, 0.29) is 11.1 Å². The van der Waals surface area contributed by atoms with Crippen molar-refractivity contribution in [3.63, 3.8) is 0 Å². The van der Waals surface area contributed by atoms with E-state index in [9.17, 15) is 12.3 Å². The number of hydrogen-bond acceptors (Lipinski definition) is 4. The molecule has 10 rings (SSSR count). The summed E-state index contributed by atoms with van der Waals surface area (Å²) in [5.74, 6) is -2.20. The van der Waals surface area contributed by atoms with Crippen LogP contribution in [0.3, 0.4) is 0 Å². The van der Waals surface area contributed by atoms with Crippen molar-refractivity contribution in [2.45, 2.75) is 6.92 Å². The Kier molecular flexibility index (Phi) is 4.63. The average Bonchev–Trinajstić information content (AvgIpc) is 3.84. The first-order valence-corrected chi connectivity index (χ1v) is 18.0. The maximum absolute atomic E-state index is 9.84. The Morgan fingerprint density at radius 1 is 0.375 bits per heavy atom. The molecule has 0 fully saturated rings. The van der Waals surface area contributed by atoms with Crippen molar-refractivity contribution < 1.29 is 28.8 Å². The minimum absolute atomic E-state index is 0.0732. The van der Waals surface area contributed by atoms with Crippen LogP contribution in [-0.2, 0) is 0 Å². The number of benzene rings is 8. The van der Waals surface area contributed by atoms with E-state index in [1.807, 2.05) is 54.6 Å². The molecule has 0 N–H and O–H groups in total. The zero-order chi connectivity index (χ0) is 55.7. The van der Waals surface area contributed by atoms with Gasteiger partial charge in [0.15, 0.2) is 17.5 Å². The van der Waals surface area contributed by atoms with Crippen LogP contribution in [0.4, 0.5) is 0 Å². The fourth-order valence-electron chi connectivity index (χ4n) is 6.20. The van der Waals surface area contributed by atoms with E-state index in [1.54, 1.807) is 12.1 Å². The summed E-state index contributed by atoms with van der Waals surface area (Å²) in [6, 6.07) is 4.69. The summed E-state index contributed by atoms with van der Waals surface area (Å²) in [5, 5.41) is 1.63. The fraction of sp³-hybridized carbons (Fsp3) is 0.0192. The first-order chi connectivity index (χ1) is 36.4. The van der Waals surface area contributed by atoms with E-state index < -0.39 is 183 Å². The number of nitrogens with zero attached hydrogens (tertiary/aromatic N) is 3. The molecule has 0 amide bonds. The molecule has 0 atom stereocenters. The van der Waals surface area contributed by atoms with Gasteiger partial charge in [0.1, 0.15) is 0 Å². The minimum atomic E-state index is -0.928. The molecule has 0 unspecified atom stereocenters. The normalized spacial score (nSPS) is 16.6. The number of aromatic nitrogens is 3. The predicted molar refractivity (Wildman–Crippen MR) is 236 cm³/mol. The zero-order valence-corrected chi connectivity index (χ0v) is 29.9. The lowest BCUT2D eigenvalue weighted by Gasteiger charge is -2.11. The second kappa shape index (κ2) is 14.3. The van der Waals surface area contributed by atoms with E-state index in [1.165, 1.54) is 18.3 Å². The maximum Gasteiger partial charge on any atom is 0.164 e. The molecule has 0 radical (unpaired) electrons. The van der Waals surface area contributed by atoms with Gasteiger partial charge in [0.05, 0.1) is 28.8 Å². The Labute approximate surface area is 359 Å². The van der Waals surface area contributed by atoms with Gasteiger partial charge in [0, 0.05) is 36.9 Å². The molecule has 3 nitrogen and oxygen atoms in total. The van der Waals surface area contributed by atoms with Crippen LogP contribution in [0.1, 0.15) is 34.3 Å². The van der Waals surface area contributed by atoms with Crippen molar-refractivity contribution in [1.82, 2.24) is 15.0 Å². The Bertz CT molecular complexity index is 3990. The summed E-state index contributed by atoms with van der Waals surface area (Å²) in [7, 11) is 0. The van der Waals surface area contributed by atoms with E-state index in [4.69, 9.17) is 16.4 Å². The molecule has 0 aliphatic carbocycles. The third kappa shape index (κ3) is 6.36. The topological polar surface area (TPSA) is 38.7 Å². The maximum atomic E-state index is 9.84. The lowest BCUT2D eigenvalue weighted by molar-refractivity contribution is 1.07. The molecule has 0 aliphatic rings. The number of thiophene rings is 1. The van der Waals surface area contributed by atoms with Crippen molar-refractivity contribution >= 4 is 31.5 Å². The molecule has 0 bridgehead atoms. The molecule has 2 aromatic heterocycles. The molecule has 10 aromatic rings. The van der Waals surface area contributed by atoms with Crippen molar-refractivity contribution in [3.8, 4) is 78.7 Å². The van der Waals surface area contributed by atoms with Crippen LogP contribution in [0.2, 0.25) is 0 Å². The Balaban J connectivity index is 1.28. The summed E-state index contributed by atoms with van der Waals surface area (Å²) in [5.41, 5.74) is -2.34. The van der Waals surface area contributed by atoms with Crippen molar-refractivity contribution in [3.05, 3.63) is 199 Å². The van der Waals surface area contributed by atoms with E-state index in [2.05, 4.69) is 15.0 Å². The van der Waals surface area contributed by atoms with Crippen LogP contribution >= 0.6 is 11.3 Å². The van der Waals surface area contributed by atoms with Crippen LogP contribution in [0.5, 0.6) is 0 Å². The van der Waals surface area contributed by atoms with Gasteiger partial charge in [0.25, 0.3) is 0 Å². The first-order valence-electron chi connectivity index (χ1n) is 27.6. The van der Waals surface area contributed by atoms with Crippen molar-refractivity contribution in [2.24, 2.45) is 0 Å². The molecule has 0 saturated heterocycles. The van der Waals surface area contributed by atoms with Crippen LogP contribution < -0.4 is 0 Å². The summed E-state index contributed by atoms with van der Waals surface area (Å²) < 4.78 is 189. The molecular weight excluding hydrogens is 699 g/mol. The highest BCUT2D eigenvalue weighted by molar-refractivity contribution is 7.26. The second-order valence-corrected chi connectivity index (χ2v) is 13.4. The summed E-state index contributed by atoms with van der Waals surface area (Å²) in [6.07, 6.45) is 0. The van der Waals surface area contributed by atoms with Crippen molar-refractivity contribution in [2.75, 3.05) is 0 Å². The predicted octanol–water partition coefficient (Wildman–Crippen LogP) is 14.2. The van der Waals surface area contributed by atoms with E-state index >= 15 is 0 Å². The van der Waals surface area contributed by atoms with Crippen LogP contribution in [-0.4, -0.2) is 15.0 Å². The number of rotatable bonds is 7. The second-order valence-electron chi connectivity index (χ2n) is 12.4. The summed E-state index contributed by atoms with van der Waals surface area (Å²) in [4.78, 5) is 13.4. The minimum Gasteiger partial charge on any atom is -0.208 e. The van der Waals surface area contributed by atoms with Gasteiger partial charge in [-0.15, -0.1) is 11.3 Å². The first kappa shape index (κ1) is 18.1. The van der Waals surface area contributed by atoms with Crippen LogP contribution in [0.15, 0.2) is 194 Å². The highest BCUT2D eigenvalue weighted by atomic mass is 32.1. The quantitative estimate of drug-likeness (QED) is 0.163. The smallest absolute Gasteiger partial charge is 0.164 e. The monoisotopic (exact) mass is 754 g/mol. The van der Waals surface area contributed by atoms with Gasteiger partial charge >= 0.3 is 0 Å². The molecule has 2 heterocycles. The van der Waals surface area contributed by atoms with Gasteiger partial charge in [-0.05, 0) is 57.5 Å².